The molecule has 0 saturated carbocycles. The standard InChI is InChI=1S/C17H27N3O2/c1-18(2)17(21)20-13-11-19(12-14-20)10-6-8-15-7-4-5-9-16(15)22-3/h4-5,7,9H,6,8,10-14H2,1-3H3. The Morgan fingerprint density at radius 1 is 1.18 bits per heavy atom. The zero-order valence-electron chi connectivity index (χ0n) is 13.9. The average Bonchev–Trinajstić information content (AvgIpc) is 2.55. The molecule has 0 unspecified atom stereocenters. The van der Waals surface area contributed by atoms with E-state index in [-0.39, 0.29) is 6.03 Å². The monoisotopic (exact) mass is 305 g/mol. The van der Waals surface area contributed by atoms with E-state index >= 15 is 0 Å². The van der Waals surface area contributed by atoms with Crippen molar-refractivity contribution in [1.82, 2.24) is 14.7 Å². The van der Waals surface area contributed by atoms with Gasteiger partial charge < -0.3 is 14.5 Å². The van der Waals surface area contributed by atoms with E-state index in [4.69, 9.17) is 4.74 Å². The fourth-order valence-electron chi connectivity index (χ4n) is 2.85. The highest BCUT2D eigenvalue weighted by atomic mass is 16.5. The number of piperazine rings is 1. The molecule has 0 aromatic heterocycles. The number of hydrogen-bond acceptors (Lipinski definition) is 3. The molecule has 0 radical (unpaired) electrons. The molecule has 0 bridgehead atoms. The lowest BCUT2D eigenvalue weighted by Crippen LogP contribution is -2.51. The molecule has 5 heteroatoms. The van der Waals surface area contributed by atoms with Gasteiger partial charge in [0.15, 0.2) is 0 Å². The summed E-state index contributed by atoms with van der Waals surface area (Å²) < 4.78 is 5.39. The fourth-order valence-corrected chi connectivity index (χ4v) is 2.85. The molecule has 1 aliphatic heterocycles. The first-order valence-electron chi connectivity index (χ1n) is 7.92. The topological polar surface area (TPSA) is 36.0 Å². The highest BCUT2D eigenvalue weighted by molar-refractivity contribution is 5.73. The van der Waals surface area contributed by atoms with E-state index in [1.807, 2.05) is 31.1 Å². The highest BCUT2D eigenvalue weighted by Crippen LogP contribution is 2.19. The molecular formula is C17H27N3O2. The number of urea groups is 1. The quantitative estimate of drug-likeness (QED) is 0.834. The number of methoxy groups -OCH3 is 1. The Bertz CT molecular complexity index is 483. The van der Waals surface area contributed by atoms with Gasteiger partial charge in [0.1, 0.15) is 5.75 Å². The van der Waals surface area contributed by atoms with Crippen molar-refractivity contribution in [3.8, 4) is 5.75 Å². The van der Waals surface area contributed by atoms with Crippen LogP contribution in [0.1, 0.15) is 12.0 Å². The second kappa shape index (κ2) is 8.03. The number of benzene rings is 1. The van der Waals surface area contributed by atoms with E-state index < -0.39 is 0 Å². The van der Waals surface area contributed by atoms with Gasteiger partial charge in [-0.15, -0.1) is 0 Å². The maximum atomic E-state index is 11.9. The summed E-state index contributed by atoms with van der Waals surface area (Å²) >= 11 is 0. The Labute approximate surface area is 133 Å². The van der Waals surface area contributed by atoms with Crippen LogP contribution in [0.5, 0.6) is 5.75 Å². The first-order chi connectivity index (χ1) is 10.6. The molecule has 1 saturated heterocycles. The number of para-hydroxylation sites is 1. The Morgan fingerprint density at radius 3 is 2.50 bits per heavy atom. The number of carbonyl (C=O) groups excluding carboxylic acids is 1. The van der Waals surface area contributed by atoms with Crippen LogP contribution in [-0.4, -0.2) is 74.7 Å². The predicted molar refractivity (Wildman–Crippen MR) is 88.4 cm³/mol. The molecule has 0 spiro atoms. The third kappa shape index (κ3) is 4.37. The minimum Gasteiger partial charge on any atom is -0.496 e. The number of ether oxygens (including phenoxy) is 1. The lowest BCUT2D eigenvalue weighted by Gasteiger charge is -2.35. The molecular weight excluding hydrogens is 278 g/mol. The second-order valence-corrected chi connectivity index (χ2v) is 5.92. The van der Waals surface area contributed by atoms with Crippen LogP contribution in [0.3, 0.4) is 0 Å². The Morgan fingerprint density at radius 2 is 1.86 bits per heavy atom. The van der Waals surface area contributed by atoms with Gasteiger partial charge in [-0.2, -0.15) is 0 Å². The van der Waals surface area contributed by atoms with Crippen molar-refractivity contribution in [2.24, 2.45) is 0 Å². The molecule has 1 fully saturated rings. The Hall–Kier alpha value is -1.75. The van der Waals surface area contributed by atoms with Gasteiger partial charge in [-0.05, 0) is 31.0 Å². The molecule has 22 heavy (non-hydrogen) atoms. The number of aryl methyl sites for hydroxylation is 1. The van der Waals surface area contributed by atoms with Gasteiger partial charge in [-0.25, -0.2) is 4.79 Å². The predicted octanol–water partition coefficient (Wildman–Crippen LogP) is 1.93. The lowest BCUT2D eigenvalue weighted by molar-refractivity contribution is 0.122. The van der Waals surface area contributed by atoms with Gasteiger partial charge >= 0.3 is 6.03 Å². The maximum Gasteiger partial charge on any atom is 0.319 e. The molecule has 122 valence electrons. The minimum absolute atomic E-state index is 0.119. The van der Waals surface area contributed by atoms with Crippen LogP contribution in [0.2, 0.25) is 0 Å². The van der Waals surface area contributed by atoms with E-state index in [2.05, 4.69) is 17.0 Å². The van der Waals surface area contributed by atoms with Crippen molar-refractivity contribution in [3.05, 3.63) is 29.8 Å². The molecule has 0 aliphatic carbocycles. The zero-order valence-corrected chi connectivity index (χ0v) is 13.9. The molecule has 1 aromatic carbocycles. The number of nitrogens with zero attached hydrogens (tertiary/aromatic N) is 3. The smallest absolute Gasteiger partial charge is 0.319 e. The van der Waals surface area contributed by atoms with Gasteiger partial charge in [0.2, 0.25) is 0 Å². The molecule has 0 atom stereocenters. The molecule has 5 nitrogen and oxygen atoms in total. The van der Waals surface area contributed by atoms with Crippen LogP contribution in [0, 0.1) is 0 Å². The molecule has 1 aliphatic rings. The molecule has 1 heterocycles. The van der Waals surface area contributed by atoms with E-state index in [1.54, 1.807) is 12.0 Å². The van der Waals surface area contributed by atoms with Crippen molar-refractivity contribution >= 4 is 6.03 Å². The second-order valence-electron chi connectivity index (χ2n) is 5.92. The third-order valence-corrected chi connectivity index (χ3v) is 4.14. The van der Waals surface area contributed by atoms with Gasteiger partial charge in [0.25, 0.3) is 0 Å². The number of amides is 2. The Kier molecular flexibility index (Phi) is 6.07. The van der Waals surface area contributed by atoms with E-state index in [0.717, 1.165) is 51.3 Å². The summed E-state index contributed by atoms with van der Waals surface area (Å²) in [6, 6.07) is 8.33. The zero-order chi connectivity index (χ0) is 15.9. The lowest BCUT2D eigenvalue weighted by atomic mass is 10.1. The Balaban J connectivity index is 1.72. The van der Waals surface area contributed by atoms with Crippen LogP contribution in [-0.2, 0) is 6.42 Å². The van der Waals surface area contributed by atoms with Crippen molar-refractivity contribution in [3.63, 3.8) is 0 Å². The van der Waals surface area contributed by atoms with Gasteiger partial charge in [-0.1, -0.05) is 18.2 Å². The summed E-state index contributed by atoms with van der Waals surface area (Å²) in [6.45, 7) is 4.65. The molecule has 0 N–H and O–H groups in total. The van der Waals surface area contributed by atoms with Crippen molar-refractivity contribution in [1.29, 1.82) is 0 Å². The van der Waals surface area contributed by atoms with Crippen molar-refractivity contribution in [2.45, 2.75) is 12.8 Å². The molecule has 2 amide bonds. The first kappa shape index (κ1) is 16.6. The van der Waals surface area contributed by atoms with Gasteiger partial charge in [0.05, 0.1) is 7.11 Å². The molecule has 2 rings (SSSR count). The summed E-state index contributed by atoms with van der Waals surface area (Å²) in [4.78, 5) is 17.9. The largest absolute Gasteiger partial charge is 0.496 e. The number of carbonyl (C=O) groups is 1. The van der Waals surface area contributed by atoms with E-state index in [0.29, 0.717) is 0 Å². The summed E-state index contributed by atoms with van der Waals surface area (Å²) in [5.74, 6) is 0.976. The maximum absolute atomic E-state index is 11.9. The summed E-state index contributed by atoms with van der Waals surface area (Å²) in [5, 5.41) is 0. The molecule has 1 aromatic rings. The van der Waals surface area contributed by atoms with E-state index in [9.17, 15) is 4.79 Å². The SMILES string of the molecule is COc1ccccc1CCCN1CCN(C(=O)N(C)C)CC1. The normalized spacial score (nSPS) is 15.7. The van der Waals surface area contributed by atoms with Crippen LogP contribution in [0.25, 0.3) is 0 Å². The summed E-state index contributed by atoms with van der Waals surface area (Å²) in [6.07, 6.45) is 2.14. The summed E-state index contributed by atoms with van der Waals surface area (Å²) in [7, 11) is 5.34. The highest BCUT2D eigenvalue weighted by Gasteiger charge is 2.21. The van der Waals surface area contributed by atoms with Crippen LogP contribution in [0.4, 0.5) is 4.79 Å². The van der Waals surface area contributed by atoms with Gasteiger partial charge in [-0.3, -0.25) is 4.90 Å². The number of rotatable bonds is 5. The first-order valence-corrected chi connectivity index (χ1v) is 7.92. The third-order valence-electron chi connectivity index (χ3n) is 4.14. The fraction of sp³-hybridized carbons (Fsp3) is 0.588. The number of hydrogen-bond donors (Lipinski definition) is 0. The minimum atomic E-state index is 0.119. The van der Waals surface area contributed by atoms with Crippen LogP contribution in [0.15, 0.2) is 24.3 Å². The van der Waals surface area contributed by atoms with Crippen molar-refractivity contribution in [2.75, 3.05) is 53.9 Å². The van der Waals surface area contributed by atoms with Crippen LogP contribution >= 0.6 is 0 Å². The van der Waals surface area contributed by atoms with Gasteiger partial charge in [0, 0.05) is 40.3 Å². The summed E-state index contributed by atoms with van der Waals surface area (Å²) in [5.41, 5.74) is 1.27. The average molecular weight is 305 g/mol. The van der Waals surface area contributed by atoms with Crippen LogP contribution < -0.4 is 4.74 Å². The van der Waals surface area contributed by atoms with Crippen molar-refractivity contribution < 1.29 is 9.53 Å². The van der Waals surface area contributed by atoms with E-state index in [1.165, 1.54) is 5.56 Å².